The Bertz CT molecular complexity index is 181. The van der Waals surface area contributed by atoms with Gasteiger partial charge in [-0.25, -0.2) is 0 Å². The maximum absolute atomic E-state index is 11.6. The van der Waals surface area contributed by atoms with Crippen LogP contribution in [0.3, 0.4) is 0 Å². The van der Waals surface area contributed by atoms with E-state index in [9.17, 15) is 12.9 Å². The van der Waals surface area contributed by atoms with Gasteiger partial charge in [-0.05, 0) is 5.46 Å². The molecule has 0 atom stereocenters. The van der Waals surface area contributed by atoms with E-state index in [0.717, 1.165) is 0 Å². The third-order valence-corrected chi connectivity index (χ3v) is 0.829. The number of aromatic nitrogens is 1. The zero-order valence-corrected chi connectivity index (χ0v) is 4.22. The predicted molar refractivity (Wildman–Crippen MR) is 25.2 cm³/mol. The first kappa shape index (κ1) is 6.19. The van der Waals surface area contributed by atoms with Gasteiger partial charge in [-0.2, -0.15) is 0 Å². The molecule has 0 aliphatic heterocycles. The Kier molecular flexibility index (Phi) is 1.23. The molecular formula is C3H2BF3NO-. The predicted octanol–water partition coefficient (Wildman–Crippen LogP) is 0.729. The van der Waals surface area contributed by atoms with Crippen LogP contribution in [0, 0.1) is 0 Å². The lowest BCUT2D eigenvalue weighted by molar-refractivity contribution is 0.419. The van der Waals surface area contributed by atoms with Gasteiger partial charge in [0, 0.05) is 6.20 Å². The number of hydrogen-bond acceptors (Lipinski definition) is 2. The van der Waals surface area contributed by atoms with E-state index in [1.165, 1.54) is 0 Å². The van der Waals surface area contributed by atoms with Crippen LogP contribution in [0.4, 0.5) is 12.9 Å². The van der Waals surface area contributed by atoms with Crippen molar-refractivity contribution in [2.24, 2.45) is 0 Å². The zero-order valence-electron chi connectivity index (χ0n) is 4.22. The molecular weight excluding hydrogens is 134 g/mol. The van der Waals surface area contributed by atoms with Crippen molar-refractivity contribution >= 4 is 12.4 Å². The van der Waals surface area contributed by atoms with Crippen LogP contribution in [0.5, 0.6) is 0 Å². The van der Waals surface area contributed by atoms with Gasteiger partial charge < -0.3 is 17.5 Å². The highest BCUT2D eigenvalue weighted by molar-refractivity contribution is 6.73. The van der Waals surface area contributed by atoms with Gasteiger partial charge in [-0.15, -0.1) is 0 Å². The first-order valence-electron chi connectivity index (χ1n) is 2.20. The minimum absolute atomic E-state index is 0.583. The molecule has 0 N–H and O–H groups in total. The molecule has 0 amide bonds. The lowest BCUT2D eigenvalue weighted by atomic mass is 9.83. The normalized spacial score (nSPS) is 11.9. The summed E-state index contributed by atoms with van der Waals surface area (Å²) in [5, 5.41) is 2.91. The summed E-state index contributed by atoms with van der Waals surface area (Å²) in [7, 11) is 0. The van der Waals surface area contributed by atoms with Crippen molar-refractivity contribution in [1.82, 2.24) is 5.16 Å². The molecule has 0 bridgehead atoms. The molecule has 0 fully saturated rings. The van der Waals surface area contributed by atoms with Crippen molar-refractivity contribution in [2.45, 2.75) is 0 Å². The van der Waals surface area contributed by atoms with E-state index in [1.54, 1.807) is 0 Å². The highest BCUT2D eigenvalue weighted by Crippen LogP contribution is 2.06. The molecule has 0 unspecified atom stereocenters. The van der Waals surface area contributed by atoms with Crippen molar-refractivity contribution in [2.75, 3.05) is 0 Å². The molecule has 1 aromatic rings. The average molecular weight is 136 g/mol. The van der Waals surface area contributed by atoms with E-state index in [1.807, 2.05) is 0 Å². The monoisotopic (exact) mass is 136 g/mol. The molecule has 1 rings (SSSR count). The zero-order chi connectivity index (χ0) is 6.91. The Balaban J connectivity index is 2.90. The van der Waals surface area contributed by atoms with Crippen LogP contribution >= 0.6 is 0 Å². The summed E-state index contributed by atoms with van der Waals surface area (Å²) in [6.45, 7) is -4.92. The molecule has 0 spiro atoms. The fourth-order valence-electron chi connectivity index (χ4n) is 0.375. The standard InChI is InChI=1S/C3H2BF3NO/c5-4(6,7)3-1-8-9-2-3/h1-2H/q-1. The SMILES string of the molecule is F[B-](F)(F)c1cnoc1. The van der Waals surface area contributed by atoms with Crippen LogP contribution in [0.2, 0.25) is 0 Å². The van der Waals surface area contributed by atoms with Gasteiger partial charge in [0.15, 0.2) is 0 Å². The first-order valence-corrected chi connectivity index (χ1v) is 2.20. The summed E-state index contributed by atoms with van der Waals surface area (Å²) < 4.78 is 38.7. The van der Waals surface area contributed by atoms with Crippen molar-refractivity contribution < 1.29 is 17.5 Å². The largest absolute Gasteiger partial charge is 0.514 e. The summed E-state index contributed by atoms with van der Waals surface area (Å²) in [5.41, 5.74) is -0.796. The summed E-state index contributed by atoms with van der Waals surface area (Å²) in [4.78, 5) is 0. The number of halogens is 3. The number of rotatable bonds is 1. The molecule has 6 heteroatoms. The molecule has 0 aliphatic carbocycles. The van der Waals surface area contributed by atoms with E-state index >= 15 is 0 Å². The highest BCUT2D eigenvalue weighted by atomic mass is 19.4. The van der Waals surface area contributed by atoms with Gasteiger partial charge >= 0.3 is 6.98 Å². The summed E-state index contributed by atoms with van der Waals surface area (Å²) in [5.74, 6) is 0. The Morgan fingerprint density at radius 2 is 2.11 bits per heavy atom. The average Bonchev–Trinajstić information content (AvgIpc) is 2.08. The van der Waals surface area contributed by atoms with Crippen LogP contribution in [-0.2, 0) is 0 Å². The van der Waals surface area contributed by atoms with Gasteiger partial charge in [0.25, 0.3) is 0 Å². The number of nitrogens with zero attached hydrogens (tertiary/aromatic N) is 1. The summed E-state index contributed by atoms with van der Waals surface area (Å²) in [6, 6.07) is 0. The molecule has 0 radical (unpaired) electrons. The van der Waals surface area contributed by atoms with Crippen molar-refractivity contribution in [3.8, 4) is 0 Å². The molecule has 0 saturated carbocycles. The van der Waals surface area contributed by atoms with Crippen LogP contribution in [0.15, 0.2) is 17.0 Å². The summed E-state index contributed by atoms with van der Waals surface area (Å²) in [6.07, 6.45) is 1.24. The third kappa shape index (κ3) is 1.25. The number of hydrogen-bond donors (Lipinski definition) is 0. The van der Waals surface area contributed by atoms with Crippen LogP contribution in [0.25, 0.3) is 0 Å². The van der Waals surface area contributed by atoms with Crippen molar-refractivity contribution in [3.05, 3.63) is 12.5 Å². The van der Waals surface area contributed by atoms with Gasteiger partial charge in [-0.1, -0.05) is 5.16 Å². The van der Waals surface area contributed by atoms with Crippen molar-refractivity contribution in [3.63, 3.8) is 0 Å². The molecule has 9 heavy (non-hydrogen) atoms. The second-order valence-corrected chi connectivity index (χ2v) is 1.53. The molecule has 0 aliphatic rings. The fourth-order valence-corrected chi connectivity index (χ4v) is 0.375. The Hall–Kier alpha value is -0.935. The van der Waals surface area contributed by atoms with Crippen LogP contribution in [0.1, 0.15) is 0 Å². The smallest absolute Gasteiger partial charge is 0.445 e. The van der Waals surface area contributed by atoms with E-state index in [2.05, 4.69) is 9.68 Å². The Morgan fingerprint density at radius 3 is 2.33 bits per heavy atom. The molecule has 2 nitrogen and oxygen atoms in total. The maximum atomic E-state index is 11.6. The lowest BCUT2D eigenvalue weighted by Crippen LogP contribution is -2.32. The topological polar surface area (TPSA) is 26.0 Å². The van der Waals surface area contributed by atoms with Gasteiger partial charge in [-0.3, -0.25) is 0 Å². The van der Waals surface area contributed by atoms with Crippen molar-refractivity contribution in [1.29, 1.82) is 0 Å². The Labute approximate surface area is 48.7 Å². The molecule has 1 aromatic heterocycles. The molecule has 1 heterocycles. The second kappa shape index (κ2) is 1.79. The Morgan fingerprint density at radius 1 is 1.44 bits per heavy atom. The van der Waals surface area contributed by atoms with Gasteiger partial charge in [0.1, 0.15) is 0 Å². The van der Waals surface area contributed by atoms with Crippen LogP contribution < -0.4 is 5.46 Å². The minimum Gasteiger partial charge on any atom is -0.445 e. The van der Waals surface area contributed by atoms with E-state index < -0.39 is 12.4 Å². The molecule has 0 aromatic carbocycles. The van der Waals surface area contributed by atoms with Gasteiger partial charge in [0.2, 0.25) is 0 Å². The van der Waals surface area contributed by atoms with E-state index in [-0.39, 0.29) is 0 Å². The minimum atomic E-state index is -4.92. The molecule has 0 saturated heterocycles. The summed E-state index contributed by atoms with van der Waals surface area (Å²) >= 11 is 0. The van der Waals surface area contributed by atoms with Gasteiger partial charge in [0.05, 0.1) is 6.26 Å². The lowest BCUT2D eigenvalue weighted by Gasteiger charge is -2.08. The third-order valence-electron chi connectivity index (χ3n) is 0.829. The molecule has 50 valence electrons. The second-order valence-electron chi connectivity index (χ2n) is 1.53. The first-order chi connectivity index (χ1) is 4.11. The van der Waals surface area contributed by atoms with E-state index in [0.29, 0.717) is 12.5 Å². The quantitative estimate of drug-likeness (QED) is 0.531. The van der Waals surface area contributed by atoms with E-state index in [4.69, 9.17) is 0 Å². The maximum Gasteiger partial charge on any atom is 0.514 e. The highest BCUT2D eigenvalue weighted by Gasteiger charge is 2.26. The van der Waals surface area contributed by atoms with Crippen LogP contribution in [-0.4, -0.2) is 12.1 Å². The fraction of sp³-hybridized carbons (Fsp3) is 0.